The van der Waals surface area contributed by atoms with Crippen molar-refractivity contribution in [1.29, 1.82) is 0 Å². The predicted molar refractivity (Wildman–Crippen MR) is 92.9 cm³/mol. The van der Waals surface area contributed by atoms with Crippen molar-refractivity contribution in [2.75, 3.05) is 43.9 Å². The van der Waals surface area contributed by atoms with Gasteiger partial charge in [0.2, 0.25) is 0 Å². The van der Waals surface area contributed by atoms with Gasteiger partial charge in [0.1, 0.15) is 18.0 Å². The summed E-state index contributed by atoms with van der Waals surface area (Å²) in [6.07, 6.45) is 1.62. The zero-order valence-corrected chi connectivity index (χ0v) is 13.9. The first-order valence-electron chi connectivity index (χ1n) is 7.65. The van der Waals surface area contributed by atoms with Gasteiger partial charge in [-0.05, 0) is 45.6 Å². The molecule has 0 unspecified atom stereocenters. The Labute approximate surface area is 133 Å². The average molecular weight is 299 g/mol. The van der Waals surface area contributed by atoms with E-state index < -0.39 is 0 Å². The van der Waals surface area contributed by atoms with Crippen LogP contribution in [0, 0.1) is 6.92 Å². The van der Waals surface area contributed by atoms with Crippen LogP contribution in [0.5, 0.6) is 0 Å². The van der Waals surface area contributed by atoms with Gasteiger partial charge in [-0.25, -0.2) is 9.97 Å². The molecule has 5 heteroatoms. The van der Waals surface area contributed by atoms with E-state index in [9.17, 15) is 0 Å². The zero-order chi connectivity index (χ0) is 15.9. The van der Waals surface area contributed by atoms with Gasteiger partial charge in [-0.1, -0.05) is 12.1 Å². The lowest BCUT2D eigenvalue weighted by Crippen LogP contribution is -2.22. The van der Waals surface area contributed by atoms with Crippen molar-refractivity contribution < 1.29 is 0 Å². The van der Waals surface area contributed by atoms with Gasteiger partial charge in [0.05, 0.1) is 0 Å². The van der Waals surface area contributed by atoms with Crippen LogP contribution >= 0.6 is 0 Å². The van der Waals surface area contributed by atoms with Crippen molar-refractivity contribution in [2.45, 2.75) is 13.8 Å². The highest BCUT2D eigenvalue weighted by molar-refractivity contribution is 5.62. The summed E-state index contributed by atoms with van der Waals surface area (Å²) in [6, 6.07) is 10.5. The van der Waals surface area contributed by atoms with Crippen LogP contribution in [0.25, 0.3) is 0 Å². The van der Waals surface area contributed by atoms with E-state index in [4.69, 9.17) is 0 Å². The van der Waals surface area contributed by atoms with Crippen LogP contribution in [0.15, 0.2) is 36.7 Å². The van der Waals surface area contributed by atoms with Crippen LogP contribution in [0.2, 0.25) is 0 Å². The maximum absolute atomic E-state index is 4.42. The van der Waals surface area contributed by atoms with E-state index in [0.717, 1.165) is 37.0 Å². The van der Waals surface area contributed by atoms with Crippen molar-refractivity contribution in [3.05, 3.63) is 42.2 Å². The first-order valence-corrected chi connectivity index (χ1v) is 7.65. The topological polar surface area (TPSA) is 44.3 Å². The maximum atomic E-state index is 4.42. The molecule has 0 bridgehead atoms. The van der Waals surface area contributed by atoms with E-state index in [1.54, 1.807) is 6.33 Å². The van der Waals surface area contributed by atoms with Gasteiger partial charge in [0.25, 0.3) is 0 Å². The second-order valence-corrected chi connectivity index (χ2v) is 5.57. The lowest BCUT2D eigenvalue weighted by atomic mass is 10.2. The van der Waals surface area contributed by atoms with Gasteiger partial charge in [0, 0.05) is 31.4 Å². The third kappa shape index (κ3) is 4.43. The lowest BCUT2D eigenvalue weighted by molar-refractivity contribution is 0.425. The fourth-order valence-electron chi connectivity index (χ4n) is 2.27. The SMILES string of the molecule is CCN(c1cccc(C)c1)c1cc(NCCN(C)C)ncn1. The average Bonchev–Trinajstić information content (AvgIpc) is 2.48. The van der Waals surface area contributed by atoms with Gasteiger partial charge in [0.15, 0.2) is 0 Å². The van der Waals surface area contributed by atoms with Crippen LogP contribution in [0.4, 0.5) is 17.3 Å². The van der Waals surface area contributed by atoms with Crippen LogP contribution in [0.3, 0.4) is 0 Å². The number of aryl methyl sites for hydroxylation is 1. The molecule has 5 nitrogen and oxygen atoms in total. The Kier molecular flexibility index (Phi) is 5.72. The van der Waals surface area contributed by atoms with Crippen molar-refractivity contribution in [3.63, 3.8) is 0 Å². The number of likely N-dealkylation sites (N-methyl/N-ethyl adjacent to an activating group) is 1. The summed E-state index contributed by atoms with van der Waals surface area (Å²) in [5, 5.41) is 3.34. The van der Waals surface area contributed by atoms with E-state index in [1.165, 1.54) is 5.56 Å². The summed E-state index contributed by atoms with van der Waals surface area (Å²) in [5.41, 5.74) is 2.40. The molecule has 2 rings (SSSR count). The molecule has 0 saturated carbocycles. The number of nitrogens with one attached hydrogen (secondary N) is 1. The molecular formula is C17H25N5. The molecule has 1 aromatic heterocycles. The Hall–Kier alpha value is -2.14. The number of nitrogens with zero attached hydrogens (tertiary/aromatic N) is 4. The molecule has 0 spiro atoms. The van der Waals surface area contributed by atoms with E-state index >= 15 is 0 Å². The standard InChI is InChI=1S/C17H25N5/c1-5-22(15-8-6-7-14(2)11-15)17-12-16(19-13-20-17)18-9-10-21(3)4/h6-8,11-13H,5,9-10H2,1-4H3,(H,18,19,20). The number of rotatable bonds is 7. The Bertz CT molecular complexity index is 597. The minimum Gasteiger partial charge on any atom is -0.369 e. The molecule has 1 heterocycles. The monoisotopic (exact) mass is 299 g/mol. The minimum atomic E-state index is 0.859. The van der Waals surface area contributed by atoms with Crippen LogP contribution in [-0.2, 0) is 0 Å². The van der Waals surface area contributed by atoms with Crippen molar-refractivity contribution in [1.82, 2.24) is 14.9 Å². The van der Waals surface area contributed by atoms with Crippen molar-refractivity contribution in [2.24, 2.45) is 0 Å². The quantitative estimate of drug-likeness (QED) is 0.851. The Morgan fingerprint density at radius 1 is 1.14 bits per heavy atom. The fraction of sp³-hybridized carbons (Fsp3) is 0.412. The van der Waals surface area contributed by atoms with Gasteiger partial charge >= 0.3 is 0 Å². The van der Waals surface area contributed by atoms with Gasteiger partial charge in [-0.2, -0.15) is 0 Å². The van der Waals surface area contributed by atoms with Crippen molar-refractivity contribution in [3.8, 4) is 0 Å². The number of anilines is 3. The predicted octanol–water partition coefficient (Wildman–Crippen LogP) is 2.92. The van der Waals surface area contributed by atoms with Crippen LogP contribution in [-0.4, -0.2) is 48.6 Å². The second kappa shape index (κ2) is 7.75. The van der Waals surface area contributed by atoms with E-state index in [1.807, 2.05) is 6.07 Å². The van der Waals surface area contributed by atoms with Gasteiger partial charge in [-0.15, -0.1) is 0 Å². The van der Waals surface area contributed by atoms with E-state index in [-0.39, 0.29) is 0 Å². The zero-order valence-electron chi connectivity index (χ0n) is 13.9. The highest BCUT2D eigenvalue weighted by Gasteiger charge is 2.09. The largest absolute Gasteiger partial charge is 0.369 e. The third-order valence-electron chi connectivity index (χ3n) is 3.42. The summed E-state index contributed by atoms with van der Waals surface area (Å²) in [6.45, 7) is 6.92. The van der Waals surface area contributed by atoms with E-state index in [0.29, 0.717) is 0 Å². The third-order valence-corrected chi connectivity index (χ3v) is 3.42. The summed E-state index contributed by atoms with van der Waals surface area (Å²) >= 11 is 0. The molecule has 0 atom stereocenters. The first kappa shape index (κ1) is 16.2. The molecule has 0 aliphatic carbocycles. The Balaban J connectivity index is 2.15. The number of aromatic nitrogens is 2. The number of benzene rings is 1. The van der Waals surface area contributed by atoms with E-state index in [2.05, 4.69) is 77.3 Å². The van der Waals surface area contributed by atoms with Gasteiger partial charge in [-0.3, -0.25) is 0 Å². The fourth-order valence-corrected chi connectivity index (χ4v) is 2.27. The molecule has 1 aromatic carbocycles. The molecule has 2 aromatic rings. The molecule has 0 aliphatic rings. The molecule has 0 radical (unpaired) electrons. The second-order valence-electron chi connectivity index (χ2n) is 5.57. The van der Waals surface area contributed by atoms with Crippen molar-refractivity contribution >= 4 is 17.3 Å². The highest BCUT2D eigenvalue weighted by Crippen LogP contribution is 2.24. The number of hydrogen-bond donors (Lipinski definition) is 1. The molecule has 1 N–H and O–H groups in total. The molecule has 0 amide bonds. The molecule has 0 aliphatic heterocycles. The number of hydrogen-bond acceptors (Lipinski definition) is 5. The first-order chi connectivity index (χ1) is 10.6. The molecule has 22 heavy (non-hydrogen) atoms. The highest BCUT2D eigenvalue weighted by atomic mass is 15.2. The summed E-state index contributed by atoms with van der Waals surface area (Å²) < 4.78 is 0. The van der Waals surface area contributed by atoms with Gasteiger partial charge < -0.3 is 15.1 Å². The molecule has 0 fully saturated rings. The maximum Gasteiger partial charge on any atom is 0.138 e. The summed E-state index contributed by atoms with van der Waals surface area (Å²) in [5.74, 6) is 1.77. The normalized spacial score (nSPS) is 10.8. The summed E-state index contributed by atoms with van der Waals surface area (Å²) in [4.78, 5) is 13.0. The van der Waals surface area contributed by atoms with Crippen LogP contribution < -0.4 is 10.2 Å². The van der Waals surface area contributed by atoms with Crippen LogP contribution in [0.1, 0.15) is 12.5 Å². The minimum absolute atomic E-state index is 0.859. The molecular weight excluding hydrogens is 274 g/mol. The Morgan fingerprint density at radius 2 is 1.95 bits per heavy atom. The lowest BCUT2D eigenvalue weighted by Gasteiger charge is -2.23. The Morgan fingerprint density at radius 3 is 2.64 bits per heavy atom. The molecule has 0 saturated heterocycles. The molecule has 118 valence electrons. The summed E-state index contributed by atoms with van der Waals surface area (Å²) in [7, 11) is 4.12. The smallest absolute Gasteiger partial charge is 0.138 e.